The Bertz CT molecular complexity index is 416. The summed E-state index contributed by atoms with van der Waals surface area (Å²) in [7, 11) is 2.13. The second-order valence-electron chi connectivity index (χ2n) is 4.89. The van der Waals surface area contributed by atoms with Crippen molar-refractivity contribution in [3.8, 4) is 0 Å². The molecule has 1 aromatic carbocycles. The van der Waals surface area contributed by atoms with Gasteiger partial charge in [0.2, 0.25) is 0 Å². The largest absolute Gasteiger partial charge is 1.00 e. The monoisotopic (exact) mass is 279 g/mol. The predicted octanol–water partition coefficient (Wildman–Crippen LogP) is -0.173. The Morgan fingerprint density at radius 2 is 1.75 bits per heavy atom. The minimum absolute atomic E-state index is 0. The molecule has 0 aliphatic carbocycles. The van der Waals surface area contributed by atoms with Gasteiger partial charge in [-0.3, -0.25) is 0 Å². The summed E-state index contributed by atoms with van der Waals surface area (Å²) in [6.45, 7) is 5.68. The summed E-state index contributed by atoms with van der Waals surface area (Å²) in [5.41, 5.74) is 3.00. The van der Waals surface area contributed by atoms with Crippen LogP contribution >= 0.6 is 0 Å². The molecule has 0 saturated carbocycles. The van der Waals surface area contributed by atoms with Crippen LogP contribution in [0.3, 0.4) is 0 Å². The van der Waals surface area contributed by atoms with Crippen LogP contribution in [0.5, 0.6) is 0 Å². The molecule has 2 heteroatoms. The Balaban J connectivity index is 0.00000128. The Labute approximate surface area is 108 Å². The van der Waals surface area contributed by atoms with Crippen molar-refractivity contribution in [2.75, 3.05) is 13.6 Å². The molecule has 0 saturated heterocycles. The summed E-state index contributed by atoms with van der Waals surface area (Å²) in [5, 5.41) is 0. The SMILES string of the molecule is C[N+]1=CC=C(c2ccccc2)C(C)(C)C1.[Br-]. The van der Waals surface area contributed by atoms with E-state index in [0.29, 0.717) is 0 Å². The lowest BCUT2D eigenvalue weighted by atomic mass is 9.78. The molecular formula is C14H18BrN. The van der Waals surface area contributed by atoms with E-state index in [4.69, 9.17) is 0 Å². The molecule has 1 aliphatic rings. The van der Waals surface area contributed by atoms with E-state index in [2.05, 4.69) is 68.1 Å². The molecule has 1 aliphatic heterocycles. The van der Waals surface area contributed by atoms with Gasteiger partial charge in [0, 0.05) is 11.5 Å². The lowest BCUT2D eigenvalue weighted by Crippen LogP contribution is -3.00. The van der Waals surface area contributed by atoms with Gasteiger partial charge in [-0.05, 0) is 25.0 Å². The Hall–Kier alpha value is -0.890. The maximum absolute atomic E-state index is 2.30. The van der Waals surface area contributed by atoms with E-state index in [1.165, 1.54) is 11.1 Å². The molecule has 0 N–H and O–H groups in total. The molecule has 0 amide bonds. The maximum atomic E-state index is 2.30. The smallest absolute Gasteiger partial charge is 0.163 e. The van der Waals surface area contributed by atoms with Crippen molar-refractivity contribution in [3.05, 3.63) is 42.0 Å². The zero-order chi connectivity index (χ0) is 10.9. The molecule has 16 heavy (non-hydrogen) atoms. The van der Waals surface area contributed by atoms with Gasteiger partial charge >= 0.3 is 0 Å². The van der Waals surface area contributed by atoms with E-state index in [9.17, 15) is 0 Å². The number of benzene rings is 1. The maximum Gasteiger partial charge on any atom is 0.163 e. The lowest BCUT2D eigenvalue weighted by Gasteiger charge is -2.27. The number of allylic oxidation sites excluding steroid dienone is 1. The molecule has 1 heterocycles. The van der Waals surface area contributed by atoms with E-state index < -0.39 is 0 Å². The third-order valence-corrected chi connectivity index (χ3v) is 2.95. The molecule has 1 aromatic rings. The topological polar surface area (TPSA) is 3.01 Å². The zero-order valence-electron chi connectivity index (χ0n) is 10.1. The summed E-state index contributed by atoms with van der Waals surface area (Å²) >= 11 is 0. The van der Waals surface area contributed by atoms with Gasteiger partial charge in [0.1, 0.15) is 7.05 Å². The van der Waals surface area contributed by atoms with Gasteiger partial charge in [0.05, 0.1) is 0 Å². The molecule has 86 valence electrons. The van der Waals surface area contributed by atoms with Crippen molar-refractivity contribution < 1.29 is 21.6 Å². The van der Waals surface area contributed by atoms with Crippen LogP contribution < -0.4 is 17.0 Å². The third kappa shape index (κ3) is 2.62. The molecule has 0 aromatic heterocycles. The van der Waals surface area contributed by atoms with Gasteiger partial charge in [-0.1, -0.05) is 30.3 Å². The van der Waals surface area contributed by atoms with Gasteiger partial charge in [-0.25, -0.2) is 4.58 Å². The highest BCUT2D eigenvalue weighted by Crippen LogP contribution is 2.35. The number of rotatable bonds is 1. The average molecular weight is 280 g/mol. The summed E-state index contributed by atoms with van der Waals surface area (Å²) < 4.78 is 2.24. The highest BCUT2D eigenvalue weighted by Gasteiger charge is 2.30. The molecule has 0 spiro atoms. The van der Waals surface area contributed by atoms with E-state index >= 15 is 0 Å². The molecule has 2 rings (SSSR count). The summed E-state index contributed by atoms with van der Waals surface area (Å²) in [6.07, 6.45) is 4.40. The Morgan fingerprint density at radius 1 is 1.12 bits per heavy atom. The van der Waals surface area contributed by atoms with E-state index in [1.807, 2.05) is 0 Å². The van der Waals surface area contributed by atoms with E-state index in [0.717, 1.165) is 6.54 Å². The molecular weight excluding hydrogens is 262 g/mol. The van der Waals surface area contributed by atoms with Crippen LogP contribution in [0.1, 0.15) is 19.4 Å². The summed E-state index contributed by atoms with van der Waals surface area (Å²) in [6, 6.07) is 10.6. The first-order valence-electron chi connectivity index (χ1n) is 5.41. The number of hydrogen-bond acceptors (Lipinski definition) is 0. The van der Waals surface area contributed by atoms with Gasteiger partial charge in [0.15, 0.2) is 12.8 Å². The van der Waals surface area contributed by atoms with Crippen LogP contribution in [0, 0.1) is 5.41 Å². The van der Waals surface area contributed by atoms with Crippen LogP contribution in [0.4, 0.5) is 0 Å². The number of halogens is 1. The van der Waals surface area contributed by atoms with Crippen molar-refractivity contribution in [1.29, 1.82) is 0 Å². The minimum Gasteiger partial charge on any atom is -1.00 e. The van der Waals surface area contributed by atoms with Crippen LogP contribution in [-0.2, 0) is 0 Å². The van der Waals surface area contributed by atoms with Crippen LogP contribution in [-0.4, -0.2) is 24.4 Å². The average Bonchev–Trinajstić information content (AvgIpc) is 2.17. The molecule has 0 radical (unpaired) electrons. The minimum atomic E-state index is 0. The number of hydrogen-bond donors (Lipinski definition) is 0. The van der Waals surface area contributed by atoms with Crippen LogP contribution in [0.15, 0.2) is 36.4 Å². The fraction of sp³-hybridized carbons (Fsp3) is 0.357. The molecule has 0 atom stereocenters. The van der Waals surface area contributed by atoms with Crippen molar-refractivity contribution in [1.82, 2.24) is 0 Å². The second-order valence-corrected chi connectivity index (χ2v) is 4.89. The van der Waals surface area contributed by atoms with E-state index in [1.54, 1.807) is 0 Å². The summed E-state index contributed by atoms with van der Waals surface area (Å²) in [5.74, 6) is 0. The Kier molecular flexibility index (Phi) is 4.09. The molecule has 0 unspecified atom stereocenters. The second kappa shape index (κ2) is 4.96. The fourth-order valence-electron chi connectivity index (χ4n) is 2.29. The molecule has 0 bridgehead atoms. The first-order valence-corrected chi connectivity index (χ1v) is 5.41. The van der Waals surface area contributed by atoms with Crippen molar-refractivity contribution in [2.45, 2.75) is 13.8 Å². The number of nitrogens with zero attached hydrogens (tertiary/aromatic N) is 1. The van der Waals surface area contributed by atoms with Crippen molar-refractivity contribution in [3.63, 3.8) is 0 Å². The first kappa shape index (κ1) is 13.2. The van der Waals surface area contributed by atoms with Gasteiger partial charge < -0.3 is 17.0 Å². The normalized spacial score (nSPS) is 18.2. The predicted molar refractivity (Wildman–Crippen MR) is 65.3 cm³/mol. The fourth-order valence-corrected chi connectivity index (χ4v) is 2.29. The van der Waals surface area contributed by atoms with Gasteiger partial charge in [0.25, 0.3) is 0 Å². The van der Waals surface area contributed by atoms with Crippen LogP contribution in [0.2, 0.25) is 0 Å². The first-order chi connectivity index (χ1) is 7.09. The zero-order valence-corrected chi connectivity index (χ0v) is 11.7. The van der Waals surface area contributed by atoms with Gasteiger partial charge in [-0.15, -0.1) is 0 Å². The van der Waals surface area contributed by atoms with Gasteiger partial charge in [-0.2, -0.15) is 0 Å². The standard InChI is InChI=1S/C14H18N.BrH/c1-14(2)11-15(3)10-9-13(14)12-7-5-4-6-8-12;/h4-10H,11H2,1-3H3;1H/q+1;/p-1. The summed E-state index contributed by atoms with van der Waals surface area (Å²) in [4.78, 5) is 0. The highest BCUT2D eigenvalue weighted by atomic mass is 79.9. The van der Waals surface area contributed by atoms with Crippen molar-refractivity contribution >= 4 is 11.8 Å². The molecule has 1 nitrogen and oxygen atoms in total. The highest BCUT2D eigenvalue weighted by molar-refractivity contribution is 5.85. The Morgan fingerprint density at radius 3 is 2.31 bits per heavy atom. The van der Waals surface area contributed by atoms with Crippen LogP contribution in [0.25, 0.3) is 5.57 Å². The van der Waals surface area contributed by atoms with E-state index in [-0.39, 0.29) is 22.4 Å². The molecule has 0 fully saturated rings. The quantitative estimate of drug-likeness (QED) is 0.628. The van der Waals surface area contributed by atoms with Crippen molar-refractivity contribution in [2.24, 2.45) is 5.41 Å². The third-order valence-electron chi connectivity index (χ3n) is 2.95. The lowest BCUT2D eigenvalue weighted by molar-refractivity contribution is -0.504.